The second-order valence-corrected chi connectivity index (χ2v) is 6.25. The number of hydrogen-bond acceptors (Lipinski definition) is 6. The first-order valence-electron chi connectivity index (χ1n) is 7.41. The normalized spacial score (nSPS) is 38.7. The standard InChI is InChI=1S/C15H24O6/c1-4-15(10-21-15)14(12(17)19-3)7-5-6-13(18,8-14)9-20-11(2)16/h18H,4-10H2,1-3H3/t13-,14-,15+/m0/s1. The third kappa shape index (κ3) is 2.79. The average molecular weight is 300 g/mol. The van der Waals surface area contributed by atoms with E-state index in [0.29, 0.717) is 32.3 Å². The van der Waals surface area contributed by atoms with E-state index in [9.17, 15) is 14.7 Å². The van der Waals surface area contributed by atoms with Gasteiger partial charge in [-0.3, -0.25) is 9.59 Å². The van der Waals surface area contributed by atoms with Gasteiger partial charge in [-0.25, -0.2) is 0 Å². The number of aliphatic hydroxyl groups is 1. The van der Waals surface area contributed by atoms with Crippen LogP contribution in [0, 0.1) is 5.41 Å². The van der Waals surface area contributed by atoms with Crippen LogP contribution in [0.3, 0.4) is 0 Å². The molecule has 1 heterocycles. The van der Waals surface area contributed by atoms with Gasteiger partial charge in [-0.2, -0.15) is 0 Å². The Morgan fingerprint density at radius 1 is 1.33 bits per heavy atom. The SMILES string of the molecule is CC[C@]1([C@@]2(C(=O)OC)CCC[C@@](O)(COC(C)=O)C2)CO1. The van der Waals surface area contributed by atoms with E-state index >= 15 is 0 Å². The van der Waals surface area contributed by atoms with Gasteiger partial charge in [0.2, 0.25) is 0 Å². The third-order valence-electron chi connectivity index (χ3n) is 4.93. The van der Waals surface area contributed by atoms with Gasteiger partial charge in [0, 0.05) is 6.92 Å². The first-order valence-corrected chi connectivity index (χ1v) is 7.41. The first-order chi connectivity index (χ1) is 9.83. The highest BCUT2D eigenvalue weighted by molar-refractivity contribution is 5.79. The fourth-order valence-corrected chi connectivity index (χ4v) is 3.67. The Balaban J connectivity index is 2.25. The lowest BCUT2D eigenvalue weighted by Crippen LogP contribution is -2.55. The molecule has 0 aromatic carbocycles. The molecule has 0 unspecified atom stereocenters. The molecule has 21 heavy (non-hydrogen) atoms. The van der Waals surface area contributed by atoms with E-state index in [1.54, 1.807) is 0 Å². The van der Waals surface area contributed by atoms with Crippen LogP contribution in [0.2, 0.25) is 0 Å². The quantitative estimate of drug-likeness (QED) is 0.606. The fraction of sp³-hybridized carbons (Fsp3) is 0.867. The Morgan fingerprint density at radius 3 is 2.48 bits per heavy atom. The van der Waals surface area contributed by atoms with Crippen molar-refractivity contribution >= 4 is 11.9 Å². The molecule has 1 saturated carbocycles. The maximum atomic E-state index is 12.4. The van der Waals surface area contributed by atoms with Crippen molar-refractivity contribution in [3.63, 3.8) is 0 Å². The molecule has 6 heteroatoms. The third-order valence-corrected chi connectivity index (χ3v) is 4.93. The zero-order chi connectivity index (χ0) is 15.7. The predicted molar refractivity (Wildman–Crippen MR) is 73.5 cm³/mol. The van der Waals surface area contributed by atoms with Crippen LogP contribution in [0.4, 0.5) is 0 Å². The van der Waals surface area contributed by atoms with Gasteiger partial charge in [-0.05, 0) is 32.1 Å². The van der Waals surface area contributed by atoms with Gasteiger partial charge in [-0.1, -0.05) is 6.92 Å². The monoisotopic (exact) mass is 300 g/mol. The maximum Gasteiger partial charge on any atom is 0.314 e. The van der Waals surface area contributed by atoms with Crippen molar-refractivity contribution in [3.05, 3.63) is 0 Å². The van der Waals surface area contributed by atoms with Crippen LogP contribution < -0.4 is 0 Å². The zero-order valence-corrected chi connectivity index (χ0v) is 12.9. The van der Waals surface area contributed by atoms with Gasteiger partial charge < -0.3 is 19.3 Å². The fourth-order valence-electron chi connectivity index (χ4n) is 3.67. The molecule has 0 bridgehead atoms. The highest BCUT2D eigenvalue weighted by atomic mass is 16.6. The summed E-state index contributed by atoms with van der Waals surface area (Å²) in [6.07, 6.45) is 2.67. The molecule has 1 aliphatic heterocycles. The van der Waals surface area contributed by atoms with Crippen LogP contribution in [0.5, 0.6) is 0 Å². The Morgan fingerprint density at radius 2 is 2.00 bits per heavy atom. The smallest absolute Gasteiger partial charge is 0.314 e. The van der Waals surface area contributed by atoms with Crippen LogP contribution in [0.25, 0.3) is 0 Å². The lowest BCUT2D eigenvalue weighted by Gasteiger charge is -2.45. The van der Waals surface area contributed by atoms with Gasteiger partial charge in [0.25, 0.3) is 0 Å². The van der Waals surface area contributed by atoms with Crippen LogP contribution in [-0.4, -0.2) is 48.6 Å². The van der Waals surface area contributed by atoms with Gasteiger partial charge >= 0.3 is 11.9 Å². The van der Waals surface area contributed by atoms with E-state index in [0.717, 1.165) is 0 Å². The summed E-state index contributed by atoms with van der Waals surface area (Å²) in [5, 5.41) is 10.7. The summed E-state index contributed by atoms with van der Waals surface area (Å²) in [5.41, 5.74) is -2.61. The summed E-state index contributed by atoms with van der Waals surface area (Å²) in [6, 6.07) is 0. The van der Waals surface area contributed by atoms with Gasteiger partial charge in [0.15, 0.2) is 0 Å². The molecular formula is C15H24O6. The van der Waals surface area contributed by atoms with Crippen molar-refractivity contribution in [2.24, 2.45) is 5.41 Å². The van der Waals surface area contributed by atoms with E-state index in [1.165, 1.54) is 14.0 Å². The summed E-state index contributed by atoms with van der Waals surface area (Å²) in [6.45, 7) is 3.68. The lowest BCUT2D eigenvalue weighted by atomic mass is 9.60. The van der Waals surface area contributed by atoms with Crippen LogP contribution in [0.15, 0.2) is 0 Å². The van der Waals surface area contributed by atoms with E-state index in [-0.39, 0.29) is 19.0 Å². The number of epoxide rings is 1. The molecule has 1 N–H and O–H groups in total. The molecule has 0 radical (unpaired) electrons. The molecule has 0 amide bonds. The van der Waals surface area contributed by atoms with Crippen LogP contribution in [0.1, 0.15) is 46.0 Å². The van der Waals surface area contributed by atoms with Crippen molar-refractivity contribution < 1.29 is 28.9 Å². The number of carbonyl (C=O) groups excluding carboxylic acids is 2. The summed E-state index contributed by atoms with van der Waals surface area (Å²) in [4.78, 5) is 23.4. The van der Waals surface area contributed by atoms with Crippen molar-refractivity contribution in [3.8, 4) is 0 Å². The highest BCUT2D eigenvalue weighted by Crippen LogP contribution is 2.57. The van der Waals surface area contributed by atoms with Gasteiger partial charge in [0.05, 0.1) is 19.3 Å². The molecule has 0 aromatic heterocycles. The first kappa shape index (κ1) is 16.2. The number of methoxy groups -OCH3 is 1. The average Bonchev–Trinajstić information content (AvgIpc) is 3.25. The van der Waals surface area contributed by atoms with Crippen LogP contribution >= 0.6 is 0 Å². The lowest BCUT2D eigenvalue weighted by molar-refractivity contribution is -0.177. The number of hydrogen-bond donors (Lipinski definition) is 1. The molecule has 2 aliphatic rings. The minimum absolute atomic E-state index is 0.0964. The molecular weight excluding hydrogens is 276 g/mol. The summed E-state index contributed by atoms with van der Waals surface area (Å²) in [5.74, 6) is -0.784. The van der Waals surface area contributed by atoms with Gasteiger partial charge in [-0.15, -0.1) is 0 Å². The topological polar surface area (TPSA) is 85.4 Å². The van der Waals surface area contributed by atoms with Crippen LogP contribution in [-0.2, 0) is 23.8 Å². The summed E-state index contributed by atoms with van der Waals surface area (Å²) >= 11 is 0. The van der Waals surface area contributed by atoms with Crippen molar-refractivity contribution in [1.82, 2.24) is 0 Å². The number of ether oxygens (including phenoxy) is 3. The molecule has 120 valence electrons. The van der Waals surface area contributed by atoms with E-state index in [2.05, 4.69) is 0 Å². The number of carbonyl (C=O) groups is 2. The van der Waals surface area contributed by atoms with Crippen molar-refractivity contribution in [2.75, 3.05) is 20.3 Å². The molecule has 2 fully saturated rings. The number of rotatable bonds is 5. The minimum Gasteiger partial charge on any atom is -0.469 e. The summed E-state index contributed by atoms with van der Waals surface area (Å²) in [7, 11) is 1.36. The molecule has 0 spiro atoms. The van der Waals surface area contributed by atoms with Gasteiger partial charge in [0.1, 0.15) is 17.6 Å². The molecule has 3 atom stereocenters. The van der Waals surface area contributed by atoms with Crippen molar-refractivity contribution in [2.45, 2.75) is 57.2 Å². The van der Waals surface area contributed by atoms with Crippen molar-refractivity contribution in [1.29, 1.82) is 0 Å². The highest BCUT2D eigenvalue weighted by Gasteiger charge is 2.67. The number of esters is 2. The molecule has 6 nitrogen and oxygen atoms in total. The van der Waals surface area contributed by atoms with E-state index in [4.69, 9.17) is 14.2 Å². The molecule has 1 aliphatic carbocycles. The Bertz CT molecular complexity index is 430. The molecule has 0 aromatic rings. The predicted octanol–water partition coefficient (Wildman–Crippen LogP) is 1.19. The largest absolute Gasteiger partial charge is 0.469 e. The molecule has 2 rings (SSSR count). The minimum atomic E-state index is -1.20. The van der Waals surface area contributed by atoms with E-state index in [1.807, 2.05) is 6.92 Å². The second kappa shape index (κ2) is 5.57. The second-order valence-electron chi connectivity index (χ2n) is 6.25. The summed E-state index contributed by atoms with van der Waals surface area (Å²) < 4.78 is 15.6. The Kier molecular flexibility index (Phi) is 4.31. The van der Waals surface area contributed by atoms with E-state index < -0.39 is 22.6 Å². The maximum absolute atomic E-state index is 12.4. The Labute approximate surface area is 124 Å². The Hall–Kier alpha value is -1.14. The zero-order valence-electron chi connectivity index (χ0n) is 12.9. The molecule has 1 saturated heterocycles.